The summed E-state index contributed by atoms with van der Waals surface area (Å²) in [5, 5.41) is 0. The molecule has 1 unspecified atom stereocenters. The Morgan fingerprint density at radius 1 is 1.22 bits per heavy atom. The van der Waals surface area contributed by atoms with Gasteiger partial charge < -0.3 is 14.5 Å². The van der Waals surface area contributed by atoms with Gasteiger partial charge in [0.1, 0.15) is 6.10 Å². The fourth-order valence-electron chi connectivity index (χ4n) is 3.95. The number of rotatable bonds is 3. The van der Waals surface area contributed by atoms with E-state index in [9.17, 15) is 4.79 Å². The number of nitrogens with zero attached hydrogens (tertiary/aromatic N) is 2. The van der Waals surface area contributed by atoms with Crippen LogP contribution < -0.4 is 4.90 Å². The summed E-state index contributed by atoms with van der Waals surface area (Å²) in [5.74, 6) is 0.136. The first-order chi connectivity index (χ1) is 11.1. The predicted octanol–water partition coefficient (Wildman–Crippen LogP) is 2.86. The first-order valence-electron chi connectivity index (χ1n) is 8.84. The average molecular weight is 316 g/mol. The largest absolute Gasteiger partial charge is 0.371 e. The number of benzene rings is 1. The monoisotopic (exact) mass is 316 g/mol. The van der Waals surface area contributed by atoms with Crippen LogP contribution in [0.3, 0.4) is 0 Å². The minimum Gasteiger partial charge on any atom is -0.371 e. The highest BCUT2D eigenvalue weighted by atomic mass is 16.5. The number of carbonyl (C=O) groups is 1. The molecule has 2 saturated heterocycles. The van der Waals surface area contributed by atoms with Crippen LogP contribution in [-0.2, 0) is 16.0 Å². The third kappa shape index (κ3) is 3.09. The van der Waals surface area contributed by atoms with Crippen molar-refractivity contribution in [3.05, 3.63) is 29.8 Å². The summed E-state index contributed by atoms with van der Waals surface area (Å²) in [4.78, 5) is 16.5. The standard InChI is InChI=1S/C19H28N2O2/c1-4-15-8-6-7-9-16(15)21-12-10-19(11-13-21)14-20(3)18(22)17(5-2)23-19/h6-9,17H,4-5,10-14H2,1-3H3. The van der Waals surface area contributed by atoms with E-state index in [1.807, 2.05) is 18.9 Å². The van der Waals surface area contributed by atoms with Gasteiger partial charge in [0.15, 0.2) is 0 Å². The number of amides is 1. The number of carbonyl (C=O) groups excluding carboxylic acids is 1. The summed E-state index contributed by atoms with van der Waals surface area (Å²) in [5.41, 5.74) is 2.62. The highest BCUT2D eigenvalue weighted by Gasteiger charge is 2.45. The first-order valence-corrected chi connectivity index (χ1v) is 8.84. The molecule has 0 radical (unpaired) electrons. The minimum absolute atomic E-state index is 0.136. The van der Waals surface area contributed by atoms with Crippen molar-refractivity contribution in [1.82, 2.24) is 4.90 Å². The van der Waals surface area contributed by atoms with Crippen LogP contribution in [0.4, 0.5) is 5.69 Å². The molecule has 0 aliphatic carbocycles. The molecule has 4 nitrogen and oxygen atoms in total. The molecule has 1 aromatic carbocycles. The van der Waals surface area contributed by atoms with Crippen molar-refractivity contribution in [2.24, 2.45) is 0 Å². The Bertz CT molecular complexity index is 564. The lowest BCUT2D eigenvalue weighted by atomic mass is 9.87. The molecule has 1 atom stereocenters. The summed E-state index contributed by atoms with van der Waals surface area (Å²) >= 11 is 0. The molecule has 2 aliphatic rings. The number of hydrogen-bond acceptors (Lipinski definition) is 3. The van der Waals surface area contributed by atoms with Crippen LogP contribution in [0.25, 0.3) is 0 Å². The van der Waals surface area contributed by atoms with E-state index < -0.39 is 0 Å². The van der Waals surface area contributed by atoms with E-state index in [0.717, 1.165) is 45.3 Å². The number of likely N-dealkylation sites (N-methyl/N-ethyl adjacent to an activating group) is 1. The van der Waals surface area contributed by atoms with Crippen molar-refractivity contribution in [2.75, 3.05) is 31.6 Å². The Hall–Kier alpha value is -1.55. The molecule has 4 heteroatoms. The van der Waals surface area contributed by atoms with E-state index in [4.69, 9.17) is 4.74 Å². The van der Waals surface area contributed by atoms with Gasteiger partial charge in [-0.3, -0.25) is 4.79 Å². The number of morpholine rings is 1. The maximum Gasteiger partial charge on any atom is 0.251 e. The summed E-state index contributed by atoms with van der Waals surface area (Å²) in [7, 11) is 1.91. The molecule has 0 saturated carbocycles. The molecule has 1 spiro atoms. The van der Waals surface area contributed by atoms with Gasteiger partial charge in [0.05, 0.1) is 5.60 Å². The van der Waals surface area contributed by atoms with Gasteiger partial charge in [-0.15, -0.1) is 0 Å². The lowest BCUT2D eigenvalue weighted by molar-refractivity contribution is -0.185. The lowest BCUT2D eigenvalue weighted by Gasteiger charge is -2.49. The van der Waals surface area contributed by atoms with E-state index >= 15 is 0 Å². The average Bonchev–Trinajstić information content (AvgIpc) is 2.59. The molecular weight excluding hydrogens is 288 g/mol. The SMILES string of the molecule is CCc1ccccc1N1CCC2(CC1)CN(C)C(=O)C(CC)O2. The quantitative estimate of drug-likeness (QED) is 0.859. The van der Waals surface area contributed by atoms with Gasteiger partial charge in [0, 0.05) is 32.4 Å². The van der Waals surface area contributed by atoms with Crippen LogP contribution in [0.5, 0.6) is 0 Å². The number of hydrogen-bond donors (Lipinski definition) is 0. The first kappa shape index (κ1) is 16.3. The summed E-state index contributed by atoms with van der Waals surface area (Å²) in [6.45, 7) is 6.96. The predicted molar refractivity (Wildman–Crippen MR) is 92.8 cm³/mol. The number of piperidine rings is 1. The van der Waals surface area contributed by atoms with Crippen LogP contribution in [0.2, 0.25) is 0 Å². The summed E-state index contributed by atoms with van der Waals surface area (Å²) in [6.07, 6.45) is 3.53. The van der Waals surface area contributed by atoms with Gasteiger partial charge in [-0.25, -0.2) is 0 Å². The van der Waals surface area contributed by atoms with E-state index in [0.29, 0.717) is 0 Å². The van der Waals surface area contributed by atoms with Crippen LogP contribution >= 0.6 is 0 Å². The van der Waals surface area contributed by atoms with Gasteiger partial charge in [0.2, 0.25) is 0 Å². The van der Waals surface area contributed by atoms with Gasteiger partial charge >= 0.3 is 0 Å². The number of ether oxygens (including phenoxy) is 1. The second-order valence-corrected chi connectivity index (χ2v) is 6.86. The molecule has 0 N–H and O–H groups in total. The van der Waals surface area contributed by atoms with Crippen LogP contribution in [-0.4, -0.2) is 49.2 Å². The Kier molecular flexibility index (Phi) is 4.62. The van der Waals surface area contributed by atoms with E-state index in [2.05, 4.69) is 36.1 Å². The maximum absolute atomic E-state index is 12.1. The van der Waals surface area contributed by atoms with Crippen molar-refractivity contribution < 1.29 is 9.53 Å². The second kappa shape index (κ2) is 6.52. The second-order valence-electron chi connectivity index (χ2n) is 6.86. The number of para-hydroxylation sites is 1. The number of anilines is 1. The van der Waals surface area contributed by atoms with Gasteiger partial charge in [-0.2, -0.15) is 0 Å². The molecular formula is C19H28N2O2. The molecule has 1 amide bonds. The number of aryl methyl sites for hydroxylation is 1. The maximum atomic E-state index is 12.1. The van der Waals surface area contributed by atoms with Crippen molar-refractivity contribution in [2.45, 2.75) is 51.2 Å². The highest BCUT2D eigenvalue weighted by Crippen LogP contribution is 2.35. The molecule has 0 bridgehead atoms. The fourth-order valence-corrected chi connectivity index (χ4v) is 3.95. The summed E-state index contributed by atoms with van der Waals surface area (Å²) in [6, 6.07) is 8.68. The highest BCUT2D eigenvalue weighted by molar-refractivity contribution is 5.81. The van der Waals surface area contributed by atoms with Crippen LogP contribution in [0.15, 0.2) is 24.3 Å². The van der Waals surface area contributed by atoms with E-state index in [1.165, 1.54) is 11.3 Å². The van der Waals surface area contributed by atoms with Crippen molar-refractivity contribution in [3.8, 4) is 0 Å². The van der Waals surface area contributed by atoms with Gasteiger partial charge in [-0.05, 0) is 37.3 Å². The molecule has 2 fully saturated rings. The molecule has 2 aliphatic heterocycles. The molecule has 0 aromatic heterocycles. The molecule has 23 heavy (non-hydrogen) atoms. The van der Waals surface area contributed by atoms with Gasteiger partial charge in [0.25, 0.3) is 5.91 Å². The Morgan fingerprint density at radius 2 is 1.91 bits per heavy atom. The van der Waals surface area contributed by atoms with Crippen molar-refractivity contribution in [1.29, 1.82) is 0 Å². The zero-order chi connectivity index (χ0) is 16.4. The Balaban J connectivity index is 1.72. The van der Waals surface area contributed by atoms with Gasteiger partial charge in [-0.1, -0.05) is 32.0 Å². The van der Waals surface area contributed by atoms with Crippen molar-refractivity contribution in [3.63, 3.8) is 0 Å². The van der Waals surface area contributed by atoms with Crippen LogP contribution in [0, 0.1) is 0 Å². The molecule has 126 valence electrons. The Morgan fingerprint density at radius 3 is 2.57 bits per heavy atom. The normalized spacial score (nSPS) is 24.3. The summed E-state index contributed by atoms with van der Waals surface area (Å²) < 4.78 is 6.27. The van der Waals surface area contributed by atoms with E-state index in [-0.39, 0.29) is 17.6 Å². The smallest absolute Gasteiger partial charge is 0.251 e. The molecule has 2 heterocycles. The zero-order valence-electron chi connectivity index (χ0n) is 14.5. The van der Waals surface area contributed by atoms with Crippen LogP contribution in [0.1, 0.15) is 38.7 Å². The van der Waals surface area contributed by atoms with E-state index in [1.54, 1.807) is 0 Å². The molecule has 3 rings (SSSR count). The van der Waals surface area contributed by atoms with Crippen molar-refractivity contribution >= 4 is 11.6 Å². The Labute approximate surface area is 139 Å². The molecule has 1 aromatic rings. The lowest BCUT2D eigenvalue weighted by Crippen LogP contribution is -2.60. The fraction of sp³-hybridized carbons (Fsp3) is 0.632. The zero-order valence-corrected chi connectivity index (χ0v) is 14.5. The third-order valence-electron chi connectivity index (χ3n) is 5.33. The topological polar surface area (TPSA) is 32.8 Å². The third-order valence-corrected chi connectivity index (χ3v) is 5.33. The minimum atomic E-state index is -0.261.